The minimum Gasteiger partial charge on any atom is -0.423 e. The maximum absolute atomic E-state index is 11.3. The molecule has 0 saturated heterocycles. The van der Waals surface area contributed by atoms with Crippen LogP contribution in [0.2, 0.25) is 0 Å². The first-order valence-corrected chi connectivity index (χ1v) is 5.85. The van der Waals surface area contributed by atoms with Gasteiger partial charge in [-0.25, -0.2) is 4.79 Å². The Morgan fingerprint density at radius 3 is 3.00 bits per heavy atom. The van der Waals surface area contributed by atoms with Crippen LogP contribution in [-0.2, 0) is 9.53 Å². The van der Waals surface area contributed by atoms with Crippen LogP contribution in [0, 0.1) is 0 Å². The summed E-state index contributed by atoms with van der Waals surface area (Å²) in [5.41, 5.74) is 8.16. The molecule has 7 nitrogen and oxygen atoms in total. The molecule has 0 spiro atoms. The lowest BCUT2D eigenvalue weighted by Crippen LogP contribution is -2.24. The van der Waals surface area contributed by atoms with Gasteiger partial charge in [-0.2, -0.15) is 5.10 Å². The summed E-state index contributed by atoms with van der Waals surface area (Å²) >= 11 is 4.58. The Kier molecular flexibility index (Phi) is 6.41. The van der Waals surface area contributed by atoms with E-state index in [4.69, 9.17) is 15.2 Å². The smallest absolute Gasteiger partial charge is 0.337 e. The zero-order valence-electron chi connectivity index (χ0n) is 10.3. The first-order valence-electron chi connectivity index (χ1n) is 5.44. The van der Waals surface area contributed by atoms with Gasteiger partial charge in [0.15, 0.2) is 5.11 Å². The van der Waals surface area contributed by atoms with E-state index in [0.717, 1.165) is 0 Å². The van der Waals surface area contributed by atoms with Crippen LogP contribution >= 0.6 is 12.2 Å². The Morgan fingerprint density at radius 2 is 2.42 bits per heavy atom. The van der Waals surface area contributed by atoms with Crippen molar-refractivity contribution in [3.63, 3.8) is 0 Å². The van der Waals surface area contributed by atoms with Gasteiger partial charge in [-0.3, -0.25) is 10.4 Å². The second-order valence-electron chi connectivity index (χ2n) is 3.26. The van der Waals surface area contributed by atoms with E-state index >= 15 is 0 Å². The molecule has 8 heteroatoms. The highest BCUT2D eigenvalue weighted by molar-refractivity contribution is 7.80. The zero-order valence-corrected chi connectivity index (χ0v) is 11.1. The number of thiocarbonyl (C=S) groups is 1. The van der Waals surface area contributed by atoms with Gasteiger partial charge >= 0.3 is 5.97 Å². The minimum atomic E-state index is -0.472. The lowest BCUT2D eigenvalue weighted by Gasteiger charge is -2.03. The second-order valence-corrected chi connectivity index (χ2v) is 3.70. The summed E-state index contributed by atoms with van der Waals surface area (Å²) in [5, 5.41) is 3.81. The number of hydrogen-bond acceptors (Lipinski definition) is 6. The summed E-state index contributed by atoms with van der Waals surface area (Å²) in [4.78, 5) is 15.3. The van der Waals surface area contributed by atoms with Crippen molar-refractivity contribution < 1.29 is 14.3 Å². The molecule has 19 heavy (non-hydrogen) atoms. The van der Waals surface area contributed by atoms with Crippen LogP contribution in [0.5, 0.6) is 5.75 Å². The average Bonchev–Trinajstić information content (AvgIpc) is 2.38. The fourth-order valence-corrected chi connectivity index (χ4v) is 1.09. The molecule has 0 fully saturated rings. The maximum Gasteiger partial charge on any atom is 0.337 e. The van der Waals surface area contributed by atoms with Gasteiger partial charge in [0, 0.05) is 6.61 Å². The van der Waals surface area contributed by atoms with Crippen molar-refractivity contribution >= 4 is 29.5 Å². The van der Waals surface area contributed by atoms with Crippen LogP contribution in [-0.4, -0.2) is 35.5 Å². The summed E-state index contributed by atoms with van der Waals surface area (Å²) in [6.45, 7) is 2.17. The quantitative estimate of drug-likeness (QED) is 0.332. The molecule has 1 rings (SSSR count). The van der Waals surface area contributed by atoms with E-state index < -0.39 is 5.97 Å². The fourth-order valence-electron chi connectivity index (χ4n) is 1.04. The number of nitrogens with two attached hydrogens (primary N) is 1. The number of pyridine rings is 1. The molecule has 0 unspecified atom stereocenters. The summed E-state index contributed by atoms with van der Waals surface area (Å²) < 4.78 is 9.91. The van der Waals surface area contributed by atoms with Gasteiger partial charge in [0.25, 0.3) is 0 Å². The summed E-state index contributed by atoms with van der Waals surface area (Å²) in [6.07, 6.45) is 2.84. The van der Waals surface area contributed by atoms with Crippen LogP contribution in [0.4, 0.5) is 0 Å². The predicted molar refractivity (Wildman–Crippen MR) is 73.9 cm³/mol. The number of hydrazone groups is 1. The molecule has 0 bridgehead atoms. The number of ether oxygens (including phenoxy) is 2. The molecule has 1 aromatic rings. The fraction of sp³-hybridized carbons (Fsp3) is 0.273. The lowest BCUT2D eigenvalue weighted by atomic mass is 10.3. The molecule has 0 aliphatic heterocycles. The van der Waals surface area contributed by atoms with Gasteiger partial charge < -0.3 is 15.2 Å². The molecule has 0 saturated carbocycles. The van der Waals surface area contributed by atoms with E-state index in [0.29, 0.717) is 18.1 Å². The number of esters is 1. The number of hydrogen-bond donors (Lipinski definition) is 2. The third-order valence-electron chi connectivity index (χ3n) is 1.79. The molecule has 0 aliphatic carbocycles. The Bertz CT molecular complexity index is 462. The third kappa shape index (κ3) is 6.43. The van der Waals surface area contributed by atoms with E-state index in [1.807, 2.05) is 0 Å². The van der Waals surface area contributed by atoms with E-state index in [-0.39, 0.29) is 11.7 Å². The van der Waals surface area contributed by atoms with Gasteiger partial charge in [0.1, 0.15) is 12.4 Å². The summed E-state index contributed by atoms with van der Waals surface area (Å²) in [5.74, 6) is -0.135. The first kappa shape index (κ1) is 15.0. The number of carbonyl (C=O) groups is 1. The van der Waals surface area contributed by atoms with Crippen molar-refractivity contribution in [3.8, 4) is 5.75 Å². The summed E-state index contributed by atoms with van der Waals surface area (Å²) in [7, 11) is 0. The number of carbonyl (C=O) groups excluding carboxylic acids is 1. The van der Waals surface area contributed by atoms with Crippen LogP contribution < -0.4 is 15.9 Å². The highest BCUT2D eigenvalue weighted by Crippen LogP contribution is 2.08. The van der Waals surface area contributed by atoms with Gasteiger partial charge in [0.05, 0.1) is 18.1 Å². The molecule has 0 aromatic carbocycles. The largest absolute Gasteiger partial charge is 0.423 e. The van der Waals surface area contributed by atoms with Crippen LogP contribution in [0.1, 0.15) is 12.6 Å². The molecular formula is C11H14N4O3S. The highest BCUT2D eigenvalue weighted by atomic mass is 32.1. The Morgan fingerprint density at radius 1 is 1.63 bits per heavy atom. The molecule has 1 heterocycles. The first-order chi connectivity index (χ1) is 9.11. The molecule has 0 atom stereocenters. The van der Waals surface area contributed by atoms with Gasteiger partial charge in [0.2, 0.25) is 0 Å². The Labute approximate surface area is 115 Å². The standard InChI is InChI=1S/C11H14N4O3S/c1-2-17-7-10(16)18-9-4-3-8(13-6-9)5-14-15-11(12)19/h3-6H,2,7H2,1H3,(H3,12,15,19)/b14-5-. The minimum absolute atomic E-state index is 0.0673. The van der Waals surface area contributed by atoms with Crippen molar-refractivity contribution in [2.24, 2.45) is 10.8 Å². The molecule has 102 valence electrons. The number of nitrogens with one attached hydrogen (secondary N) is 1. The van der Waals surface area contributed by atoms with Crippen LogP contribution in [0.25, 0.3) is 0 Å². The zero-order chi connectivity index (χ0) is 14.1. The maximum atomic E-state index is 11.3. The molecule has 0 radical (unpaired) electrons. The average molecular weight is 282 g/mol. The highest BCUT2D eigenvalue weighted by Gasteiger charge is 2.04. The van der Waals surface area contributed by atoms with Crippen LogP contribution in [0.3, 0.4) is 0 Å². The van der Waals surface area contributed by atoms with E-state index in [1.165, 1.54) is 12.4 Å². The van der Waals surface area contributed by atoms with Crippen molar-refractivity contribution in [1.29, 1.82) is 0 Å². The Balaban J connectivity index is 2.49. The molecular weight excluding hydrogens is 268 g/mol. The van der Waals surface area contributed by atoms with Crippen LogP contribution in [0.15, 0.2) is 23.4 Å². The molecule has 3 N–H and O–H groups in total. The Hall–Kier alpha value is -2.06. The van der Waals surface area contributed by atoms with E-state index in [1.54, 1.807) is 19.1 Å². The van der Waals surface area contributed by atoms with Gasteiger partial charge in [-0.05, 0) is 31.3 Å². The normalized spacial score (nSPS) is 10.4. The van der Waals surface area contributed by atoms with Gasteiger partial charge in [-0.1, -0.05) is 0 Å². The van der Waals surface area contributed by atoms with Crippen molar-refractivity contribution in [3.05, 3.63) is 24.0 Å². The monoisotopic (exact) mass is 282 g/mol. The second kappa shape index (κ2) is 8.11. The molecule has 1 aromatic heterocycles. The lowest BCUT2D eigenvalue weighted by molar-refractivity contribution is -0.139. The third-order valence-corrected chi connectivity index (χ3v) is 1.88. The molecule has 0 amide bonds. The van der Waals surface area contributed by atoms with E-state index in [9.17, 15) is 4.79 Å². The van der Waals surface area contributed by atoms with Gasteiger partial charge in [-0.15, -0.1) is 0 Å². The number of aromatic nitrogens is 1. The van der Waals surface area contributed by atoms with Crippen molar-refractivity contribution in [2.45, 2.75) is 6.92 Å². The van der Waals surface area contributed by atoms with Crippen molar-refractivity contribution in [1.82, 2.24) is 10.4 Å². The SMILES string of the molecule is CCOCC(=O)Oc1ccc(/C=N\NC(N)=S)nc1. The summed E-state index contributed by atoms with van der Waals surface area (Å²) in [6, 6.07) is 3.23. The van der Waals surface area contributed by atoms with E-state index in [2.05, 4.69) is 27.7 Å². The predicted octanol–water partition coefficient (Wildman–Crippen LogP) is 0.191. The number of rotatable bonds is 6. The molecule has 0 aliphatic rings. The van der Waals surface area contributed by atoms with Crippen molar-refractivity contribution in [2.75, 3.05) is 13.2 Å². The topological polar surface area (TPSA) is 98.8 Å². The number of nitrogens with zero attached hydrogens (tertiary/aromatic N) is 2.